The summed E-state index contributed by atoms with van der Waals surface area (Å²) in [4.78, 5) is 34.2. The topological polar surface area (TPSA) is 84.9 Å². The van der Waals surface area contributed by atoms with Gasteiger partial charge < -0.3 is 9.72 Å². The fourth-order valence-corrected chi connectivity index (χ4v) is 3.33. The molecule has 0 aliphatic heterocycles. The molecule has 0 radical (unpaired) electrons. The van der Waals surface area contributed by atoms with Crippen molar-refractivity contribution in [3.63, 3.8) is 0 Å². The fraction of sp³-hybridized carbons (Fsp3) is 0.400. The molecule has 0 fully saturated rings. The van der Waals surface area contributed by atoms with Crippen molar-refractivity contribution < 1.29 is 9.53 Å². The van der Waals surface area contributed by atoms with E-state index in [0.29, 0.717) is 22.1 Å². The largest absolute Gasteiger partial charge is 0.465 e. The van der Waals surface area contributed by atoms with Crippen LogP contribution in [0.1, 0.15) is 6.92 Å². The maximum Gasteiger partial charge on any atom is 0.316 e. The number of carbonyl (C=O) groups excluding carboxylic acids is 1. The number of nitrogens with one attached hydrogen (secondary N) is 1. The van der Waals surface area contributed by atoms with Crippen molar-refractivity contribution in [2.75, 3.05) is 18.6 Å². The molecule has 0 unspecified atom stereocenters. The van der Waals surface area contributed by atoms with Crippen molar-refractivity contribution in [2.45, 2.75) is 16.4 Å². The van der Waals surface area contributed by atoms with Crippen molar-refractivity contribution in [1.29, 1.82) is 0 Å². The minimum atomic E-state index is -0.335. The second-order valence-electron chi connectivity index (χ2n) is 3.30. The minimum Gasteiger partial charge on any atom is -0.465 e. The van der Waals surface area contributed by atoms with Crippen LogP contribution in [-0.2, 0) is 9.53 Å². The van der Waals surface area contributed by atoms with E-state index in [2.05, 4.69) is 15.0 Å². The fourth-order valence-electron chi connectivity index (χ4n) is 1.28. The van der Waals surface area contributed by atoms with E-state index in [9.17, 15) is 9.59 Å². The van der Waals surface area contributed by atoms with Gasteiger partial charge in [0.1, 0.15) is 4.70 Å². The Morgan fingerprint density at radius 3 is 2.95 bits per heavy atom. The Hall–Kier alpha value is -1.06. The van der Waals surface area contributed by atoms with Gasteiger partial charge in [0, 0.05) is 0 Å². The number of hydrogen-bond acceptors (Lipinski definition) is 8. The summed E-state index contributed by atoms with van der Waals surface area (Å²) in [6, 6.07) is 0. The smallest absolute Gasteiger partial charge is 0.316 e. The molecule has 0 saturated heterocycles. The molecule has 0 atom stereocenters. The number of nitrogens with zero attached hydrogens (tertiary/aromatic N) is 2. The highest BCUT2D eigenvalue weighted by Gasteiger charge is 2.11. The van der Waals surface area contributed by atoms with Crippen LogP contribution in [0.25, 0.3) is 10.3 Å². The number of thioether (sulfide) groups is 2. The van der Waals surface area contributed by atoms with Gasteiger partial charge in [-0.1, -0.05) is 23.5 Å². The highest BCUT2D eigenvalue weighted by atomic mass is 32.2. The number of carbonyl (C=O) groups is 1. The summed E-state index contributed by atoms with van der Waals surface area (Å²) in [5.74, 6) is -0.222. The molecule has 102 valence electrons. The minimum absolute atomic E-state index is 0.113. The molecule has 0 aliphatic rings. The molecule has 2 aromatic rings. The first-order valence-corrected chi connectivity index (χ1v) is 8.40. The Morgan fingerprint density at radius 2 is 2.26 bits per heavy atom. The van der Waals surface area contributed by atoms with Gasteiger partial charge in [0.05, 0.1) is 12.4 Å². The molecule has 0 aliphatic carbocycles. The molecule has 0 bridgehead atoms. The molecule has 1 N–H and O–H groups in total. The quantitative estimate of drug-likeness (QED) is 0.511. The number of ether oxygens (including phenoxy) is 1. The monoisotopic (exact) mass is 317 g/mol. The van der Waals surface area contributed by atoms with E-state index in [0.717, 1.165) is 16.1 Å². The molecular weight excluding hydrogens is 306 g/mol. The first-order valence-electron chi connectivity index (χ1n) is 5.37. The molecular formula is C10H11N3O3S3. The Morgan fingerprint density at radius 1 is 1.47 bits per heavy atom. The van der Waals surface area contributed by atoms with Crippen molar-refractivity contribution in [2.24, 2.45) is 0 Å². The van der Waals surface area contributed by atoms with E-state index in [1.807, 2.05) is 6.26 Å². The van der Waals surface area contributed by atoms with E-state index < -0.39 is 0 Å². The van der Waals surface area contributed by atoms with Gasteiger partial charge in [-0.15, -0.1) is 11.3 Å². The van der Waals surface area contributed by atoms with Crippen LogP contribution >= 0.6 is 34.9 Å². The maximum absolute atomic E-state index is 11.8. The van der Waals surface area contributed by atoms with Gasteiger partial charge in [0.15, 0.2) is 15.1 Å². The number of rotatable bonds is 5. The third-order valence-electron chi connectivity index (χ3n) is 2.03. The highest BCUT2D eigenvalue weighted by molar-refractivity contribution is 8.00. The number of aromatic amines is 1. The van der Waals surface area contributed by atoms with Crippen LogP contribution in [0.2, 0.25) is 0 Å². The summed E-state index contributed by atoms with van der Waals surface area (Å²) in [6.45, 7) is 2.08. The molecule has 0 spiro atoms. The number of aromatic nitrogens is 3. The zero-order chi connectivity index (χ0) is 13.8. The van der Waals surface area contributed by atoms with Gasteiger partial charge in [0.25, 0.3) is 5.56 Å². The van der Waals surface area contributed by atoms with Crippen LogP contribution in [0.4, 0.5) is 0 Å². The number of H-pyrrole nitrogens is 1. The van der Waals surface area contributed by atoms with Gasteiger partial charge in [-0.25, -0.2) is 9.97 Å². The van der Waals surface area contributed by atoms with Crippen LogP contribution in [0.5, 0.6) is 0 Å². The van der Waals surface area contributed by atoms with E-state index >= 15 is 0 Å². The number of fused-ring (bicyclic) bond motifs is 1. The molecule has 2 heterocycles. The molecule has 19 heavy (non-hydrogen) atoms. The van der Waals surface area contributed by atoms with E-state index in [-0.39, 0.29) is 17.3 Å². The van der Waals surface area contributed by atoms with Gasteiger partial charge in [0.2, 0.25) is 0 Å². The molecule has 0 amide bonds. The number of esters is 1. The van der Waals surface area contributed by atoms with E-state index in [1.54, 1.807) is 6.92 Å². The van der Waals surface area contributed by atoms with Gasteiger partial charge in [-0.3, -0.25) is 9.59 Å². The summed E-state index contributed by atoms with van der Waals surface area (Å²) >= 11 is 3.91. The van der Waals surface area contributed by atoms with Crippen molar-refractivity contribution in [3.05, 3.63) is 10.4 Å². The van der Waals surface area contributed by atoms with Gasteiger partial charge >= 0.3 is 5.97 Å². The third kappa shape index (κ3) is 3.48. The van der Waals surface area contributed by atoms with E-state index in [1.165, 1.54) is 23.1 Å². The summed E-state index contributed by atoms with van der Waals surface area (Å²) in [6.07, 6.45) is 1.89. The SMILES string of the molecule is CCOC(=O)CSc1nc2nc(SC)sc2c(=O)[nH]1. The third-order valence-corrected chi connectivity index (χ3v) is 4.91. The zero-order valence-corrected chi connectivity index (χ0v) is 12.7. The second kappa shape index (κ2) is 6.40. The standard InChI is InChI=1S/C10H11N3O3S3/c1-3-16-5(14)4-18-9-11-7-6(8(15)13-9)19-10(12-7)17-2/h3-4H2,1-2H3,(H,11,13,15). The lowest BCUT2D eigenvalue weighted by Gasteiger charge is -2.00. The predicted molar refractivity (Wildman–Crippen MR) is 77.2 cm³/mol. The van der Waals surface area contributed by atoms with Crippen LogP contribution < -0.4 is 5.56 Å². The Bertz CT molecular complexity index is 652. The molecule has 6 nitrogen and oxygen atoms in total. The molecule has 2 aromatic heterocycles. The number of hydrogen-bond donors (Lipinski definition) is 1. The average molecular weight is 317 g/mol. The lowest BCUT2D eigenvalue weighted by Crippen LogP contribution is -2.10. The summed E-state index contributed by atoms with van der Waals surface area (Å²) in [5, 5.41) is 0.378. The Labute approximate surface area is 121 Å². The van der Waals surface area contributed by atoms with Crippen LogP contribution in [-0.4, -0.2) is 39.5 Å². The summed E-state index contributed by atoms with van der Waals surface area (Å²) in [5.41, 5.74) is 0.193. The maximum atomic E-state index is 11.8. The zero-order valence-electron chi connectivity index (χ0n) is 10.3. The number of thiazole rings is 1. The molecule has 9 heteroatoms. The molecule has 2 rings (SSSR count). The molecule has 0 saturated carbocycles. The average Bonchev–Trinajstić information content (AvgIpc) is 2.80. The first-order chi connectivity index (χ1) is 9.13. The summed E-state index contributed by atoms with van der Waals surface area (Å²) < 4.78 is 6.10. The highest BCUT2D eigenvalue weighted by Crippen LogP contribution is 2.25. The van der Waals surface area contributed by atoms with Crippen LogP contribution in [0, 0.1) is 0 Å². The Balaban J connectivity index is 2.20. The lowest BCUT2D eigenvalue weighted by molar-refractivity contribution is -0.139. The van der Waals surface area contributed by atoms with Gasteiger partial charge in [-0.2, -0.15) is 0 Å². The van der Waals surface area contributed by atoms with E-state index in [4.69, 9.17) is 4.74 Å². The predicted octanol–water partition coefficient (Wildman–Crippen LogP) is 1.76. The second-order valence-corrected chi connectivity index (χ2v) is 6.32. The normalized spacial score (nSPS) is 10.8. The van der Waals surface area contributed by atoms with Crippen molar-refractivity contribution in [1.82, 2.24) is 15.0 Å². The Kier molecular flexibility index (Phi) is 4.83. The van der Waals surface area contributed by atoms with Crippen molar-refractivity contribution >= 4 is 51.2 Å². The first kappa shape index (κ1) is 14.4. The van der Waals surface area contributed by atoms with Crippen LogP contribution in [0.15, 0.2) is 14.3 Å². The van der Waals surface area contributed by atoms with Crippen LogP contribution in [0.3, 0.4) is 0 Å². The van der Waals surface area contributed by atoms with Crippen molar-refractivity contribution in [3.8, 4) is 0 Å². The van der Waals surface area contributed by atoms with Gasteiger partial charge in [-0.05, 0) is 13.2 Å². The molecule has 0 aromatic carbocycles. The summed E-state index contributed by atoms with van der Waals surface area (Å²) in [7, 11) is 0. The lowest BCUT2D eigenvalue weighted by atomic mass is 10.6.